The van der Waals surface area contributed by atoms with E-state index in [4.69, 9.17) is 23.2 Å². The van der Waals surface area contributed by atoms with Crippen LogP contribution in [0.5, 0.6) is 0 Å². The van der Waals surface area contributed by atoms with Gasteiger partial charge >= 0.3 is 0 Å². The highest BCUT2D eigenvalue weighted by Gasteiger charge is 2.30. The van der Waals surface area contributed by atoms with Gasteiger partial charge in [-0.3, -0.25) is 19.1 Å². The van der Waals surface area contributed by atoms with Crippen molar-refractivity contribution < 1.29 is 23.2 Å². The molecule has 212 valence electrons. The number of Topliss-reactive ketones (excluding diaryl/α,β-unsaturated/α-hetero) is 2. The van der Waals surface area contributed by atoms with E-state index in [-0.39, 0.29) is 51.0 Å². The molecule has 1 aliphatic carbocycles. The van der Waals surface area contributed by atoms with E-state index in [0.29, 0.717) is 5.69 Å². The average molecular weight is 609 g/mol. The fourth-order valence-electron chi connectivity index (χ4n) is 5.21. The molecule has 1 aliphatic rings. The lowest BCUT2D eigenvalue weighted by atomic mass is 9.84. The third-order valence-electron chi connectivity index (χ3n) is 7.34. The fraction of sp³-hybridized carbons (Fsp3) is 0.379. The molecule has 11 heteroatoms. The molecule has 0 N–H and O–H groups in total. The van der Waals surface area contributed by atoms with Gasteiger partial charge in [0.15, 0.2) is 5.78 Å². The van der Waals surface area contributed by atoms with Crippen LogP contribution in [0.2, 0.25) is 10.0 Å². The number of nitrogens with zero attached hydrogens (tertiary/aromatic N) is 3. The first-order valence-electron chi connectivity index (χ1n) is 12.8. The van der Waals surface area contributed by atoms with Gasteiger partial charge in [0, 0.05) is 29.1 Å². The molecular formula is C29H29Cl2F2N3O3S. The van der Waals surface area contributed by atoms with Gasteiger partial charge in [-0.1, -0.05) is 23.2 Å². The summed E-state index contributed by atoms with van der Waals surface area (Å²) in [5.41, 5.74) is 1.13. The predicted octanol–water partition coefficient (Wildman–Crippen LogP) is 7.34. The number of hydrogen-bond acceptors (Lipinski definition) is 5. The summed E-state index contributed by atoms with van der Waals surface area (Å²) in [4.78, 5) is 41.0. The topological polar surface area (TPSA) is 72.3 Å². The molecule has 0 saturated heterocycles. The van der Waals surface area contributed by atoms with Crippen molar-refractivity contribution >= 4 is 52.4 Å². The fourth-order valence-corrected chi connectivity index (χ4v) is 6.51. The Balaban J connectivity index is 1.63. The Bertz CT molecular complexity index is 1410. The van der Waals surface area contributed by atoms with Gasteiger partial charge in [0.1, 0.15) is 17.4 Å². The summed E-state index contributed by atoms with van der Waals surface area (Å²) in [7, 11) is 0. The van der Waals surface area contributed by atoms with Crippen LogP contribution >= 0.6 is 35.0 Å². The van der Waals surface area contributed by atoms with E-state index in [0.717, 1.165) is 48.8 Å². The van der Waals surface area contributed by atoms with E-state index in [2.05, 4.69) is 5.10 Å². The molecule has 1 aromatic heterocycles. The van der Waals surface area contributed by atoms with E-state index in [9.17, 15) is 23.2 Å². The molecule has 2 aromatic carbocycles. The Hall–Kier alpha value is -2.75. The maximum atomic E-state index is 14.0. The number of aromatic nitrogens is 2. The molecule has 0 aliphatic heterocycles. The molecule has 0 unspecified atom stereocenters. The van der Waals surface area contributed by atoms with Gasteiger partial charge in [0.05, 0.1) is 40.0 Å². The molecule has 0 spiro atoms. The SMILES string of the molecule is CSc1cc(Cl)c(C(=O)CN(Cc2cc(F)cc(F)c2)C(=O)c2cnn(C3CCC(C(C)=O)CC3)c2C)c(Cl)c1. The van der Waals surface area contributed by atoms with Gasteiger partial charge in [0.25, 0.3) is 5.91 Å². The van der Waals surface area contributed by atoms with Gasteiger partial charge in [-0.15, -0.1) is 11.8 Å². The molecule has 1 fully saturated rings. The highest BCUT2D eigenvalue weighted by molar-refractivity contribution is 7.98. The number of carbonyl (C=O) groups excluding carboxylic acids is 3. The number of rotatable bonds is 9. The van der Waals surface area contributed by atoms with Crippen LogP contribution in [-0.2, 0) is 11.3 Å². The van der Waals surface area contributed by atoms with Gasteiger partial charge in [-0.2, -0.15) is 5.10 Å². The first-order chi connectivity index (χ1) is 19.0. The van der Waals surface area contributed by atoms with E-state index in [1.54, 1.807) is 30.7 Å². The van der Waals surface area contributed by atoms with Crippen molar-refractivity contribution in [1.82, 2.24) is 14.7 Å². The molecule has 0 bridgehead atoms. The Morgan fingerprint density at radius 3 is 2.17 bits per heavy atom. The number of thioether (sulfide) groups is 1. The van der Waals surface area contributed by atoms with E-state index in [1.807, 2.05) is 6.26 Å². The van der Waals surface area contributed by atoms with Crippen molar-refractivity contribution in [3.63, 3.8) is 0 Å². The smallest absolute Gasteiger partial charge is 0.258 e. The van der Waals surface area contributed by atoms with Crippen molar-refractivity contribution in [2.75, 3.05) is 12.8 Å². The number of ketones is 2. The zero-order chi connectivity index (χ0) is 29.1. The third-order valence-corrected chi connectivity index (χ3v) is 8.64. The Labute approximate surface area is 246 Å². The maximum absolute atomic E-state index is 14.0. The minimum absolute atomic E-state index is 0.0390. The maximum Gasteiger partial charge on any atom is 0.258 e. The van der Waals surface area contributed by atoms with Crippen LogP contribution in [0.25, 0.3) is 0 Å². The summed E-state index contributed by atoms with van der Waals surface area (Å²) in [6.45, 7) is 2.72. The van der Waals surface area contributed by atoms with Crippen LogP contribution in [0, 0.1) is 24.5 Å². The predicted molar refractivity (Wildman–Crippen MR) is 152 cm³/mol. The third kappa shape index (κ3) is 6.75. The molecule has 40 heavy (non-hydrogen) atoms. The average Bonchev–Trinajstić information content (AvgIpc) is 3.27. The summed E-state index contributed by atoms with van der Waals surface area (Å²) < 4.78 is 29.7. The molecule has 1 heterocycles. The minimum Gasteiger partial charge on any atom is -0.326 e. The summed E-state index contributed by atoms with van der Waals surface area (Å²) in [6.07, 6.45) is 6.32. The lowest BCUT2D eigenvalue weighted by Crippen LogP contribution is -2.36. The highest BCUT2D eigenvalue weighted by atomic mass is 35.5. The van der Waals surface area contributed by atoms with E-state index >= 15 is 0 Å². The summed E-state index contributed by atoms with van der Waals surface area (Å²) in [5.74, 6) is -2.39. The Kier molecular flexibility index (Phi) is 9.69. The standard InChI is InChI=1S/C29H29Cl2F2N3O3S/c1-16-24(13-34-36(16)22-6-4-19(5-7-22)17(2)37)29(39)35(14-18-8-20(32)10-21(33)9-18)15-27(38)28-25(30)11-23(40-3)12-26(28)31/h8-13,19,22H,4-7,14-15H2,1-3H3. The van der Waals surface area contributed by atoms with Gasteiger partial charge in [0.2, 0.25) is 0 Å². The van der Waals surface area contributed by atoms with Gasteiger partial charge in [-0.25, -0.2) is 8.78 Å². The highest BCUT2D eigenvalue weighted by Crippen LogP contribution is 2.34. The lowest BCUT2D eigenvalue weighted by molar-refractivity contribution is -0.121. The summed E-state index contributed by atoms with van der Waals surface area (Å²) in [6, 6.07) is 6.25. The van der Waals surface area contributed by atoms with Crippen molar-refractivity contribution in [2.45, 2.75) is 57.0 Å². The van der Waals surface area contributed by atoms with Gasteiger partial charge in [-0.05, 0) is 75.6 Å². The second kappa shape index (κ2) is 12.8. The number of amides is 1. The molecule has 6 nitrogen and oxygen atoms in total. The number of hydrogen-bond donors (Lipinski definition) is 0. The largest absolute Gasteiger partial charge is 0.326 e. The number of benzene rings is 2. The molecule has 3 aromatic rings. The van der Waals surface area contributed by atoms with Gasteiger partial charge < -0.3 is 4.90 Å². The van der Waals surface area contributed by atoms with Crippen LogP contribution in [0.15, 0.2) is 41.4 Å². The van der Waals surface area contributed by atoms with Crippen molar-refractivity contribution in [3.05, 3.63) is 80.6 Å². The zero-order valence-electron chi connectivity index (χ0n) is 22.3. The quantitative estimate of drug-likeness (QED) is 0.188. The molecule has 4 rings (SSSR count). The van der Waals surface area contributed by atoms with Crippen molar-refractivity contribution in [1.29, 1.82) is 0 Å². The second-order valence-corrected chi connectivity index (χ2v) is 11.7. The molecular weight excluding hydrogens is 579 g/mol. The van der Waals surface area contributed by atoms with Crippen LogP contribution in [-0.4, -0.2) is 45.0 Å². The molecule has 0 radical (unpaired) electrons. The lowest BCUT2D eigenvalue weighted by Gasteiger charge is -2.28. The summed E-state index contributed by atoms with van der Waals surface area (Å²) >= 11 is 14.2. The normalized spacial score (nSPS) is 17.1. The first kappa shape index (κ1) is 30.2. The second-order valence-electron chi connectivity index (χ2n) is 10.0. The Morgan fingerprint density at radius 2 is 1.62 bits per heavy atom. The number of halogens is 4. The number of carbonyl (C=O) groups is 3. The first-order valence-corrected chi connectivity index (χ1v) is 14.8. The van der Waals surface area contributed by atoms with Crippen LogP contribution < -0.4 is 0 Å². The molecule has 1 amide bonds. The summed E-state index contributed by atoms with van der Waals surface area (Å²) in [5, 5.41) is 4.77. The van der Waals surface area contributed by atoms with Crippen molar-refractivity contribution in [3.8, 4) is 0 Å². The Morgan fingerprint density at radius 1 is 1.02 bits per heavy atom. The van der Waals surface area contributed by atoms with Crippen LogP contribution in [0.1, 0.15) is 70.6 Å². The van der Waals surface area contributed by atoms with E-state index in [1.165, 1.54) is 22.9 Å². The molecule has 0 atom stereocenters. The monoisotopic (exact) mass is 607 g/mol. The van der Waals surface area contributed by atoms with Crippen LogP contribution in [0.4, 0.5) is 8.78 Å². The van der Waals surface area contributed by atoms with Crippen molar-refractivity contribution in [2.24, 2.45) is 5.92 Å². The van der Waals surface area contributed by atoms with E-state index < -0.39 is 29.9 Å². The minimum atomic E-state index is -0.794. The zero-order valence-corrected chi connectivity index (χ0v) is 24.7. The van der Waals surface area contributed by atoms with Crippen LogP contribution in [0.3, 0.4) is 0 Å². The molecule has 1 saturated carbocycles.